The molecule has 4 nitrogen and oxygen atoms in total. The lowest BCUT2D eigenvalue weighted by molar-refractivity contribution is 0.257. The van der Waals surface area contributed by atoms with E-state index in [1.807, 2.05) is 60.7 Å². The Hall–Kier alpha value is -2.11. The summed E-state index contributed by atoms with van der Waals surface area (Å²) in [7, 11) is -0.225. The van der Waals surface area contributed by atoms with Crippen molar-refractivity contribution in [2.75, 3.05) is 23.5 Å². The fourth-order valence-corrected chi connectivity index (χ4v) is 3.26. The maximum atomic E-state index is 12.7. The normalized spacial score (nSPS) is 11.0. The summed E-state index contributed by atoms with van der Waals surface area (Å²) in [6.45, 7) is 4.19. The Labute approximate surface area is 132 Å². The van der Waals surface area contributed by atoms with E-state index in [0.29, 0.717) is 6.17 Å². The van der Waals surface area contributed by atoms with E-state index in [0.717, 1.165) is 11.4 Å². The lowest BCUT2D eigenvalue weighted by atomic mass is 10.3. The first-order valence-electron chi connectivity index (χ1n) is 7.25. The SMILES string of the molecule is CO[Si](C)(C)CN(C(=O)Nc1ccccc1)c1ccccc1. The Bertz CT molecular complexity index is 603. The van der Waals surface area contributed by atoms with Crippen LogP contribution in [0.1, 0.15) is 0 Å². The van der Waals surface area contributed by atoms with E-state index in [2.05, 4.69) is 18.4 Å². The van der Waals surface area contributed by atoms with Gasteiger partial charge in [-0.05, 0) is 37.4 Å². The Morgan fingerprint density at radius 1 is 1.05 bits per heavy atom. The van der Waals surface area contributed by atoms with Gasteiger partial charge in [0.1, 0.15) is 0 Å². The van der Waals surface area contributed by atoms with Crippen LogP contribution in [0.5, 0.6) is 0 Å². The number of anilines is 2. The molecule has 116 valence electrons. The highest BCUT2D eigenvalue weighted by molar-refractivity contribution is 6.72. The average Bonchev–Trinajstić information content (AvgIpc) is 2.54. The molecule has 0 spiro atoms. The molecule has 0 aliphatic heterocycles. The molecule has 0 radical (unpaired) electrons. The molecule has 0 aliphatic rings. The topological polar surface area (TPSA) is 41.6 Å². The van der Waals surface area contributed by atoms with Crippen molar-refractivity contribution < 1.29 is 9.22 Å². The third-order valence-corrected chi connectivity index (χ3v) is 5.61. The van der Waals surface area contributed by atoms with Crippen molar-refractivity contribution >= 4 is 25.7 Å². The van der Waals surface area contributed by atoms with Crippen molar-refractivity contribution in [2.45, 2.75) is 13.1 Å². The Morgan fingerprint density at radius 2 is 1.59 bits per heavy atom. The molecule has 0 unspecified atom stereocenters. The minimum absolute atomic E-state index is 0.143. The number of para-hydroxylation sites is 2. The van der Waals surface area contributed by atoms with Gasteiger partial charge in [0, 0.05) is 24.7 Å². The molecule has 0 fully saturated rings. The van der Waals surface area contributed by atoms with Crippen LogP contribution in [0.3, 0.4) is 0 Å². The quantitative estimate of drug-likeness (QED) is 0.844. The molecule has 0 aromatic heterocycles. The molecule has 2 amide bonds. The molecule has 0 aliphatic carbocycles. The first kappa shape index (κ1) is 16.3. The highest BCUT2D eigenvalue weighted by Gasteiger charge is 2.28. The second-order valence-corrected chi connectivity index (χ2v) is 9.93. The van der Waals surface area contributed by atoms with Crippen LogP contribution in [0, 0.1) is 0 Å². The van der Waals surface area contributed by atoms with Crippen LogP contribution >= 0.6 is 0 Å². The molecule has 2 aromatic carbocycles. The zero-order chi connectivity index (χ0) is 16.0. The first-order chi connectivity index (χ1) is 10.5. The molecule has 5 heteroatoms. The molecule has 22 heavy (non-hydrogen) atoms. The number of nitrogens with zero attached hydrogens (tertiary/aromatic N) is 1. The molecule has 0 saturated carbocycles. The first-order valence-corrected chi connectivity index (χ1v) is 10.4. The number of nitrogens with one attached hydrogen (secondary N) is 1. The summed E-state index contributed by atoms with van der Waals surface area (Å²) in [4.78, 5) is 14.4. The Morgan fingerprint density at radius 3 is 2.14 bits per heavy atom. The van der Waals surface area contributed by atoms with Gasteiger partial charge >= 0.3 is 6.03 Å². The summed E-state index contributed by atoms with van der Waals surface area (Å²) in [5.74, 6) is 0. The van der Waals surface area contributed by atoms with E-state index in [9.17, 15) is 4.79 Å². The maximum absolute atomic E-state index is 12.7. The minimum atomic E-state index is -1.94. The zero-order valence-corrected chi connectivity index (χ0v) is 14.2. The molecular weight excluding hydrogens is 292 g/mol. The van der Waals surface area contributed by atoms with Gasteiger partial charge in [-0.15, -0.1) is 0 Å². The van der Waals surface area contributed by atoms with Gasteiger partial charge in [0.2, 0.25) is 8.32 Å². The van der Waals surface area contributed by atoms with E-state index < -0.39 is 8.32 Å². The van der Waals surface area contributed by atoms with Gasteiger partial charge in [0.15, 0.2) is 0 Å². The molecular formula is C17H22N2O2Si. The molecule has 1 N–H and O–H groups in total. The zero-order valence-electron chi connectivity index (χ0n) is 13.2. The number of amides is 2. The fourth-order valence-electron chi connectivity index (χ4n) is 2.05. The third-order valence-electron chi connectivity index (χ3n) is 3.43. The lowest BCUT2D eigenvalue weighted by Crippen LogP contribution is -2.48. The van der Waals surface area contributed by atoms with Crippen LogP contribution in [0.2, 0.25) is 13.1 Å². The van der Waals surface area contributed by atoms with Gasteiger partial charge in [0.05, 0.1) is 0 Å². The van der Waals surface area contributed by atoms with Gasteiger partial charge in [-0.3, -0.25) is 4.90 Å². The van der Waals surface area contributed by atoms with Gasteiger partial charge in [-0.25, -0.2) is 4.79 Å². The molecule has 2 aromatic rings. The van der Waals surface area contributed by atoms with Crippen molar-refractivity contribution in [2.24, 2.45) is 0 Å². The number of hydrogen-bond acceptors (Lipinski definition) is 2. The number of carbonyl (C=O) groups excluding carboxylic acids is 1. The van der Waals surface area contributed by atoms with E-state index in [1.165, 1.54) is 0 Å². The molecule has 2 rings (SSSR count). The highest BCUT2D eigenvalue weighted by atomic mass is 28.4. The van der Waals surface area contributed by atoms with Gasteiger partial charge in [0.25, 0.3) is 0 Å². The van der Waals surface area contributed by atoms with Crippen LogP contribution in [0.25, 0.3) is 0 Å². The van der Waals surface area contributed by atoms with Crippen molar-refractivity contribution in [3.05, 3.63) is 60.7 Å². The van der Waals surface area contributed by atoms with Crippen LogP contribution in [-0.4, -0.2) is 27.6 Å². The van der Waals surface area contributed by atoms with Gasteiger partial charge in [-0.2, -0.15) is 0 Å². The highest BCUT2D eigenvalue weighted by Crippen LogP contribution is 2.18. The second kappa shape index (κ2) is 7.24. The number of rotatable bonds is 5. The van der Waals surface area contributed by atoms with Crippen molar-refractivity contribution in [1.29, 1.82) is 0 Å². The van der Waals surface area contributed by atoms with E-state index in [1.54, 1.807) is 12.0 Å². The van der Waals surface area contributed by atoms with Gasteiger partial charge in [-0.1, -0.05) is 36.4 Å². The summed E-state index contributed by atoms with van der Waals surface area (Å²) in [6, 6.07) is 19.0. The minimum Gasteiger partial charge on any atom is -0.419 e. The lowest BCUT2D eigenvalue weighted by Gasteiger charge is -2.30. The maximum Gasteiger partial charge on any atom is 0.326 e. The van der Waals surface area contributed by atoms with Crippen LogP contribution in [-0.2, 0) is 4.43 Å². The number of urea groups is 1. The van der Waals surface area contributed by atoms with Crippen molar-refractivity contribution in [1.82, 2.24) is 0 Å². The second-order valence-electron chi connectivity index (χ2n) is 5.68. The summed E-state index contributed by atoms with van der Waals surface area (Å²) in [6.07, 6.45) is 0.589. The molecule has 0 saturated heterocycles. The van der Waals surface area contributed by atoms with Crippen molar-refractivity contribution in [3.8, 4) is 0 Å². The van der Waals surface area contributed by atoms with Crippen LogP contribution in [0.15, 0.2) is 60.7 Å². The Balaban J connectivity index is 2.22. The van der Waals surface area contributed by atoms with Crippen molar-refractivity contribution in [3.63, 3.8) is 0 Å². The summed E-state index contributed by atoms with van der Waals surface area (Å²) < 4.78 is 5.61. The largest absolute Gasteiger partial charge is 0.419 e. The van der Waals surface area contributed by atoms with Crippen LogP contribution < -0.4 is 10.2 Å². The van der Waals surface area contributed by atoms with Gasteiger partial charge < -0.3 is 9.74 Å². The molecule has 0 heterocycles. The number of benzene rings is 2. The molecule has 0 atom stereocenters. The smallest absolute Gasteiger partial charge is 0.326 e. The van der Waals surface area contributed by atoms with E-state index in [4.69, 9.17) is 4.43 Å². The third kappa shape index (κ3) is 4.44. The van der Waals surface area contributed by atoms with Crippen LogP contribution in [0.4, 0.5) is 16.2 Å². The summed E-state index contributed by atoms with van der Waals surface area (Å²) in [5, 5.41) is 2.94. The van der Waals surface area contributed by atoms with E-state index >= 15 is 0 Å². The number of carbonyl (C=O) groups is 1. The van der Waals surface area contributed by atoms with E-state index in [-0.39, 0.29) is 6.03 Å². The standard InChI is InChI=1S/C17H22N2O2Si/c1-21-22(2,3)14-19(16-12-8-5-9-13-16)17(20)18-15-10-6-4-7-11-15/h4-13H,14H2,1-3H3,(H,18,20). The predicted octanol–water partition coefficient (Wildman–Crippen LogP) is 4.12. The molecule has 0 bridgehead atoms. The monoisotopic (exact) mass is 314 g/mol. The summed E-state index contributed by atoms with van der Waals surface area (Å²) >= 11 is 0. The number of hydrogen-bond donors (Lipinski definition) is 1. The fraction of sp³-hybridized carbons (Fsp3) is 0.235. The average molecular weight is 314 g/mol. The summed E-state index contributed by atoms with van der Waals surface area (Å²) in [5.41, 5.74) is 1.65. The Kier molecular flexibility index (Phi) is 5.35. The predicted molar refractivity (Wildman–Crippen MR) is 93.7 cm³/mol.